The Bertz CT molecular complexity index is 126. The molecule has 0 aromatic carbocycles. The van der Waals surface area contributed by atoms with Gasteiger partial charge in [0.05, 0.1) is 0 Å². The molecule has 0 N–H and O–H groups in total. The predicted octanol–water partition coefficient (Wildman–Crippen LogP) is 2.28. The SMILES string of the molecule is CCCC[Te]C(C)C(=O)OCC. The summed E-state index contributed by atoms with van der Waals surface area (Å²) in [4.78, 5) is 11.1. The van der Waals surface area contributed by atoms with E-state index in [1.54, 1.807) is 0 Å². The molecule has 0 saturated heterocycles. The molecule has 0 spiro atoms. The van der Waals surface area contributed by atoms with Crippen LogP contribution in [0, 0.1) is 0 Å². The van der Waals surface area contributed by atoms with E-state index >= 15 is 0 Å². The fourth-order valence-corrected chi connectivity index (χ4v) is 3.62. The molecule has 3 heteroatoms. The molecule has 12 heavy (non-hydrogen) atoms. The summed E-state index contributed by atoms with van der Waals surface area (Å²) in [5, 5.41) is 0. The van der Waals surface area contributed by atoms with Crippen molar-refractivity contribution in [3.8, 4) is 0 Å². The van der Waals surface area contributed by atoms with E-state index in [0.29, 0.717) is 6.61 Å². The molecule has 0 aliphatic rings. The minimum absolute atomic E-state index is 0.0102. The van der Waals surface area contributed by atoms with Gasteiger partial charge in [0.2, 0.25) is 0 Å². The summed E-state index contributed by atoms with van der Waals surface area (Å²) in [7, 11) is 0. The number of carbonyl (C=O) groups is 1. The maximum atomic E-state index is 11.1. The van der Waals surface area contributed by atoms with Crippen LogP contribution in [0.2, 0.25) is 8.43 Å². The average Bonchev–Trinajstić information content (AvgIpc) is 2.05. The molecule has 72 valence electrons. The van der Waals surface area contributed by atoms with Gasteiger partial charge >= 0.3 is 85.1 Å². The molecular formula is C9H18O2Te. The van der Waals surface area contributed by atoms with Crippen molar-refractivity contribution < 1.29 is 9.53 Å². The number of hydrogen-bond acceptors (Lipinski definition) is 2. The molecule has 0 radical (unpaired) electrons. The summed E-state index contributed by atoms with van der Waals surface area (Å²) in [6.45, 7) is 6.55. The molecule has 0 amide bonds. The summed E-state index contributed by atoms with van der Waals surface area (Å²) in [6, 6.07) is 0. The Balaban J connectivity index is 3.42. The van der Waals surface area contributed by atoms with Gasteiger partial charge in [-0.2, -0.15) is 0 Å². The fraction of sp³-hybridized carbons (Fsp3) is 0.889. The molecule has 1 atom stereocenters. The number of ether oxygens (including phenoxy) is 1. The molecule has 0 aromatic rings. The average molecular weight is 286 g/mol. The van der Waals surface area contributed by atoms with Crippen molar-refractivity contribution in [2.24, 2.45) is 0 Å². The summed E-state index contributed by atoms with van der Waals surface area (Å²) in [5.41, 5.74) is 0. The minimum atomic E-state index is -0.142. The second-order valence-electron chi connectivity index (χ2n) is 2.62. The fourth-order valence-electron chi connectivity index (χ4n) is 0.732. The van der Waals surface area contributed by atoms with Crippen LogP contribution in [0.25, 0.3) is 0 Å². The first-order valence-electron chi connectivity index (χ1n) is 4.50. The van der Waals surface area contributed by atoms with Gasteiger partial charge in [0.15, 0.2) is 0 Å². The van der Waals surface area contributed by atoms with E-state index in [1.807, 2.05) is 13.8 Å². The number of rotatable bonds is 6. The topological polar surface area (TPSA) is 26.3 Å². The number of hydrogen-bond donors (Lipinski definition) is 0. The Morgan fingerprint density at radius 3 is 2.67 bits per heavy atom. The molecule has 0 rings (SSSR count). The van der Waals surface area contributed by atoms with Gasteiger partial charge in [0.25, 0.3) is 0 Å². The number of carbonyl (C=O) groups excluding carboxylic acids is 1. The number of unbranched alkanes of at least 4 members (excludes halogenated alkanes) is 1. The van der Waals surface area contributed by atoms with Crippen LogP contribution in [-0.2, 0) is 9.53 Å². The molecular weight excluding hydrogens is 268 g/mol. The first-order valence-corrected chi connectivity index (χ1v) is 7.49. The first kappa shape index (κ1) is 12.3. The van der Waals surface area contributed by atoms with E-state index in [2.05, 4.69) is 6.92 Å². The zero-order valence-electron chi connectivity index (χ0n) is 8.13. The Morgan fingerprint density at radius 1 is 1.50 bits per heavy atom. The first-order chi connectivity index (χ1) is 5.72. The van der Waals surface area contributed by atoms with E-state index in [9.17, 15) is 4.79 Å². The third-order valence-electron chi connectivity index (χ3n) is 1.48. The van der Waals surface area contributed by atoms with Crippen molar-refractivity contribution in [1.82, 2.24) is 0 Å². The third kappa shape index (κ3) is 5.85. The van der Waals surface area contributed by atoms with Gasteiger partial charge in [0, 0.05) is 0 Å². The standard InChI is InChI=1S/C9H18O2Te/c1-4-6-7-12-8(3)9(10)11-5-2/h8H,4-7H2,1-3H3. The zero-order chi connectivity index (χ0) is 9.40. The van der Waals surface area contributed by atoms with Crippen LogP contribution in [0.5, 0.6) is 0 Å². The van der Waals surface area contributed by atoms with Crippen molar-refractivity contribution in [2.75, 3.05) is 6.61 Å². The van der Waals surface area contributed by atoms with Crippen LogP contribution in [0.4, 0.5) is 0 Å². The van der Waals surface area contributed by atoms with Crippen molar-refractivity contribution in [1.29, 1.82) is 0 Å². The van der Waals surface area contributed by atoms with E-state index in [-0.39, 0.29) is 30.9 Å². The van der Waals surface area contributed by atoms with Gasteiger partial charge in [-0.25, -0.2) is 0 Å². The molecule has 0 aliphatic heterocycles. The Labute approximate surface area is 85.1 Å². The predicted molar refractivity (Wildman–Crippen MR) is 51.5 cm³/mol. The van der Waals surface area contributed by atoms with Crippen molar-refractivity contribution in [3.05, 3.63) is 0 Å². The third-order valence-corrected chi connectivity index (χ3v) is 4.96. The van der Waals surface area contributed by atoms with Crippen molar-refractivity contribution >= 4 is 26.9 Å². The van der Waals surface area contributed by atoms with Crippen LogP contribution in [0.3, 0.4) is 0 Å². The number of esters is 1. The van der Waals surface area contributed by atoms with Crippen molar-refractivity contribution in [3.63, 3.8) is 0 Å². The maximum absolute atomic E-state index is 11.1. The molecule has 0 aromatic heterocycles. The van der Waals surface area contributed by atoms with E-state index < -0.39 is 0 Å². The normalized spacial score (nSPS) is 12.6. The van der Waals surface area contributed by atoms with E-state index in [0.717, 1.165) is 0 Å². The molecule has 0 bridgehead atoms. The molecule has 2 nitrogen and oxygen atoms in total. The van der Waals surface area contributed by atoms with Gasteiger partial charge in [-0.3, -0.25) is 0 Å². The quantitative estimate of drug-likeness (QED) is 0.425. The zero-order valence-corrected chi connectivity index (χ0v) is 10.5. The van der Waals surface area contributed by atoms with Crippen LogP contribution in [0.15, 0.2) is 0 Å². The van der Waals surface area contributed by atoms with Gasteiger partial charge < -0.3 is 0 Å². The van der Waals surface area contributed by atoms with E-state index in [1.165, 1.54) is 17.3 Å². The molecule has 0 heterocycles. The second kappa shape index (κ2) is 7.89. The summed E-state index contributed by atoms with van der Waals surface area (Å²) in [5.74, 6) is 0.0102. The van der Waals surface area contributed by atoms with Gasteiger partial charge in [-0.05, 0) is 0 Å². The van der Waals surface area contributed by atoms with Gasteiger partial charge in [-0.1, -0.05) is 0 Å². The van der Waals surface area contributed by atoms with Gasteiger partial charge in [-0.15, -0.1) is 0 Å². The Kier molecular flexibility index (Phi) is 8.06. The monoisotopic (exact) mass is 288 g/mol. The Morgan fingerprint density at radius 2 is 2.17 bits per heavy atom. The molecule has 0 fully saturated rings. The Hall–Kier alpha value is 0.260. The van der Waals surface area contributed by atoms with Crippen LogP contribution >= 0.6 is 0 Å². The van der Waals surface area contributed by atoms with Crippen LogP contribution < -0.4 is 0 Å². The summed E-state index contributed by atoms with van der Waals surface area (Å²) in [6.07, 6.45) is 2.51. The molecule has 0 saturated carbocycles. The van der Waals surface area contributed by atoms with Crippen LogP contribution in [-0.4, -0.2) is 33.5 Å². The molecule has 0 aliphatic carbocycles. The summed E-state index contributed by atoms with van der Waals surface area (Å²) < 4.78 is 6.40. The van der Waals surface area contributed by atoms with Gasteiger partial charge in [0.1, 0.15) is 0 Å². The molecule has 1 unspecified atom stereocenters. The summed E-state index contributed by atoms with van der Waals surface area (Å²) >= 11 is -0.142. The van der Waals surface area contributed by atoms with E-state index in [4.69, 9.17) is 4.74 Å². The van der Waals surface area contributed by atoms with Crippen LogP contribution in [0.1, 0.15) is 33.6 Å². The van der Waals surface area contributed by atoms with Crippen molar-refractivity contribution in [2.45, 2.75) is 42.0 Å². The second-order valence-corrected chi connectivity index (χ2v) is 6.75.